The van der Waals surface area contributed by atoms with Crippen LogP contribution in [0, 0.1) is 13.8 Å². The summed E-state index contributed by atoms with van der Waals surface area (Å²) < 4.78 is 14.9. The normalized spacial score (nSPS) is 12.4. The number of aromatic nitrogens is 3. The topological polar surface area (TPSA) is 40.2 Å². The van der Waals surface area contributed by atoms with Gasteiger partial charge < -0.3 is 9.47 Å². The van der Waals surface area contributed by atoms with Crippen LogP contribution in [0.2, 0.25) is 0 Å². The SMILES string of the molecule is COc1ccc2nc3n(c2c1)C(=S)c1c(C)c(OC)c(C)c[n+]1-3. The molecule has 3 heterocycles. The number of pyridine rings is 1. The Labute approximate surface area is 139 Å². The number of rotatable bonds is 2. The minimum atomic E-state index is 0.728. The summed E-state index contributed by atoms with van der Waals surface area (Å²) in [7, 11) is 3.34. The van der Waals surface area contributed by atoms with E-state index in [1.807, 2.05) is 47.4 Å². The molecule has 0 amide bonds. The highest BCUT2D eigenvalue weighted by molar-refractivity contribution is 7.80. The van der Waals surface area contributed by atoms with Gasteiger partial charge in [0.2, 0.25) is 4.99 Å². The fourth-order valence-corrected chi connectivity index (χ4v) is 3.70. The van der Waals surface area contributed by atoms with E-state index in [2.05, 4.69) is 0 Å². The van der Waals surface area contributed by atoms with Crippen LogP contribution in [0.5, 0.6) is 11.5 Å². The number of methoxy groups -OCH3 is 2. The number of imidazole rings is 1. The van der Waals surface area contributed by atoms with Gasteiger partial charge in [0.15, 0.2) is 16.7 Å². The van der Waals surface area contributed by atoms with Crippen LogP contribution in [0.1, 0.15) is 16.8 Å². The molecule has 1 aliphatic heterocycles. The van der Waals surface area contributed by atoms with Crippen LogP contribution >= 0.6 is 12.2 Å². The van der Waals surface area contributed by atoms with Crippen molar-refractivity contribution in [3.8, 4) is 17.4 Å². The Kier molecular flexibility index (Phi) is 2.93. The molecule has 6 heteroatoms. The van der Waals surface area contributed by atoms with Crippen molar-refractivity contribution < 1.29 is 14.0 Å². The summed E-state index contributed by atoms with van der Waals surface area (Å²) in [5, 5.41) is 0. The highest BCUT2D eigenvalue weighted by atomic mass is 32.1. The van der Waals surface area contributed by atoms with Gasteiger partial charge in [0.1, 0.15) is 11.5 Å². The minimum Gasteiger partial charge on any atom is -0.497 e. The van der Waals surface area contributed by atoms with Crippen molar-refractivity contribution in [2.75, 3.05) is 14.2 Å². The summed E-state index contributed by atoms with van der Waals surface area (Å²) >= 11 is 5.73. The number of fused-ring (bicyclic) bond motifs is 5. The average molecular weight is 326 g/mol. The molecule has 1 aromatic carbocycles. The Morgan fingerprint density at radius 1 is 1.17 bits per heavy atom. The van der Waals surface area contributed by atoms with Crippen molar-refractivity contribution in [2.24, 2.45) is 0 Å². The van der Waals surface area contributed by atoms with Crippen LogP contribution in [-0.2, 0) is 0 Å². The molecule has 3 aromatic rings. The van der Waals surface area contributed by atoms with E-state index in [1.165, 1.54) is 0 Å². The number of ether oxygens (including phenoxy) is 2. The monoisotopic (exact) mass is 326 g/mol. The molecule has 116 valence electrons. The lowest BCUT2D eigenvalue weighted by molar-refractivity contribution is -0.600. The van der Waals surface area contributed by atoms with Gasteiger partial charge in [-0.1, -0.05) is 4.98 Å². The first-order valence-corrected chi connectivity index (χ1v) is 7.69. The molecular formula is C17H16N3O2S+. The third-order valence-corrected chi connectivity index (χ3v) is 4.66. The third kappa shape index (κ3) is 1.75. The molecular weight excluding hydrogens is 310 g/mol. The van der Waals surface area contributed by atoms with E-state index in [0.717, 1.165) is 50.3 Å². The molecule has 0 aliphatic carbocycles. The van der Waals surface area contributed by atoms with Crippen molar-refractivity contribution in [3.63, 3.8) is 0 Å². The summed E-state index contributed by atoms with van der Waals surface area (Å²) in [5.41, 5.74) is 4.87. The van der Waals surface area contributed by atoms with E-state index < -0.39 is 0 Å². The molecule has 0 N–H and O–H groups in total. The number of hydrogen-bond donors (Lipinski definition) is 0. The Balaban J connectivity index is 2.07. The van der Waals surface area contributed by atoms with E-state index in [0.29, 0.717) is 0 Å². The predicted molar refractivity (Wildman–Crippen MR) is 90.9 cm³/mol. The van der Waals surface area contributed by atoms with E-state index in [4.69, 9.17) is 26.7 Å². The number of aryl methyl sites for hydroxylation is 1. The van der Waals surface area contributed by atoms with Gasteiger partial charge in [0, 0.05) is 17.2 Å². The van der Waals surface area contributed by atoms with E-state index in [9.17, 15) is 0 Å². The Bertz CT molecular complexity index is 991. The van der Waals surface area contributed by atoms with Gasteiger partial charge in [-0.3, -0.25) is 0 Å². The smallest absolute Gasteiger partial charge is 0.410 e. The second kappa shape index (κ2) is 4.76. The number of thiocarbonyl (C=S) groups is 1. The summed E-state index contributed by atoms with van der Waals surface area (Å²) in [6, 6.07) is 5.82. The Hall–Kier alpha value is -2.47. The summed E-state index contributed by atoms with van der Waals surface area (Å²) in [5.74, 6) is 2.46. The zero-order valence-electron chi connectivity index (χ0n) is 13.4. The zero-order chi connectivity index (χ0) is 16.3. The molecule has 4 rings (SSSR count). The molecule has 0 bridgehead atoms. The fourth-order valence-electron chi connectivity index (χ4n) is 3.27. The van der Waals surface area contributed by atoms with Crippen LogP contribution < -0.4 is 14.0 Å². The molecule has 2 aromatic heterocycles. The lowest BCUT2D eigenvalue weighted by Crippen LogP contribution is -2.34. The van der Waals surface area contributed by atoms with Gasteiger partial charge in [-0.2, -0.15) is 9.13 Å². The number of benzene rings is 1. The quantitative estimate of drug-likeness (QED) is 0.419. The first kappa shape index (κ1) is 14.1. The molecule has 0 fully saturated rings. The molecule has 0 saturated heterocycles. The van der Waals surface area contributed by atoms with Gasteiger partial charge in [-0.05, 0) is 38.2 Å². The van der Waals surface area contributed by atoms with Gasteiger partial charge in [0.05, 0.1) is 20.4 Å². The first-order chi connectivity index (χ1) is 11.1. The maximum absolute atomic E-state index is 5.73. The van der Waals surface area contributed by atoms with Gasteiger partial charge in [-0.25, -0.2) is 0 Å². The van der Waals surface area contributed by atoms with Crippen molar-refractivity contribution in [2.45, 2.75) is 13.8 Å². The zero-order valence-corrected chi connectivity index (χ0v) is 14.2. The Morgan fingerprint density at radius 3 is 2.65 bits per heavy atom. The summed E-state index contributed by atoms with van der Waals surface area (Å²) in [6.45, 7) is 4.05. The van der Waals surface area contributed by atoms with Crippen molar-refractivity contribution in [3.05, 3.63) is 41.2 Å². The van der Waals surface area contributed by atoms with Gasteiger partial charge >= 0.3 is 5.95 Å². The van der Waals surface area contributed by atoms with Crippen molar-refractivity contribution in [1.82, 2.24) is 9.55 Å². The van der Waals surface area contributed by atoms with E-state index in [1.54, 1.807) is 14.2 Å². The predicted octanol–water partition coefficient (Wildman–Crippen LogP) is 2.48. The van der Waals surface area contributed by atoms with Crippen molar-refractivity contribution >= 4 is 28.2 Å². The highest BCUT2D eigenvalue weighted by Crippen LogP contribution is 2.31. The number of nitrogens with zero attached hydrogens (tertiary/aromatic N) is 3. The molecule has 0 saturated carbocycles. The lowest BCUT2D eigenvalue weighted by Gasteiger charge is -2.10. The van der Waals surface area contributed by atoms with E-state index in [-0.39, 0.29) is 0 Å². The second-order valence-electron chi connectivity index (χ2n) is 5.60. The molecule has 23 heavy (non-hydrogen) atoms. The largest absolute Gasteiger partial charge is 0.497 e. The maximum atomic E-state index is 5.73. The van der Waals surface area contributed by atoms with Crippen molar-refractivity contribution in [1.29, 1.82) is 0 Å². The molecule has 1 aliphatic rings. The molecule has 0 unspecified atom stereocenters. The van der Waals surface area contributed by atoms with Gasteiger partial charge in [-0.15, -0.1) is 0 Å². The fraction of sp³-hybridized carbons (Fsp3) is 0.235. The lowest BCUT2D eigenvalue weighted by atomic mass is 10.1. The number of hydrogen-bond acceptors (Lipinski definition) is 4. The maximum Gasteiger partial charge on any atom is 0.410 e. The Morgan fingerprint density at radius 2 is 1.96 bits per heavy atom. The highest BCUT2D eigenvalue weighted by Gasteiger charge is 2.38. The van der Waals surface area contributed by atoms with Crippen LogP contribution in [0.25, 0.3) is 17.0 Å². The first-order valence-electron chi connectivity index (χ1n) is 7.28. The van der Waals surface area contributed by atoms with E-state index >= 15 is 0 Å². The standard InChI is InChI=1S/C17H16N3O2S/c1-9-8-19-14(10(2)15(9)22-4)16(23)20-13-7-11(21-3)5-6-12(13)18-17(19)20/h5-8H,1-4H3/q+1. The second-order valence-corrected chi connectivity index (χ2v) is 5.98. The van der Waals surface area contributed by atoms with Crippen LogP contribution in [0.15, 0.2) is 24.4 Å². The molecule has 0 spiro atoms. The third-order valence-electron chi connectivity index (χ3n) is 4.29. The van der Waals surface area contributed by atoms with Crippen LogP contribution in [-0.4, -0.2) is 28.8 Å². The van der Waals surface area contributed by atoms with Crippen LogP contribution in [0.3, 0.4) is 0 Å². The summed E-state index contributed by atoms with van der Waals surface area (Å²) in [6.07, 6.45) is 2.02. The molecule has 0 radical (unpaired) electrons. The van der Waals surface area contributed by atoms with Gasteiger partial charge in [0.25, 0.3) is 0 Å². The molecule has 5 nitrogen and oxygen atoms in total. The summed E-state index contributed by atoms with van der Waals surface area (Å²) in [4.78, 5) is 5.47. The molecule has 0 atom stereocenters. The minimum absolute atomic E-state index is 0.728. The average Bonchev–Trinajstić information content (AvgIpc) is 3.03. The van der Waals surface area contributed by atoms with Crippen LogP contribution in [0.4, 0.5) is 0 Å².